The molecule has 4 unspecified atom stereocenters. The Balaban J connectivity index is 1.56. The van der Waals surface area contributed by atoms with E-state index in [2.05, 4.69) is 27.7 Å². The van der Waals surface area contributed by atoms with Gasteiger partial charge in [-0.3, -0.25) is 0 Å². The lowest BCUT2D eigenvalue weighted by molar-refractivity contribution is -0.00584. The molecule has 3 rings (SSSR count). The Hall–Kier alpha value is -0.0904. The van der Waals surface area contributed by atoms with Crippen molar-refractivity contribution in [2.24, 2.45) is 11.8 Å². The minimum atomic E-state index is -1.09. The Labute approximate surface area is 242 Å². The van der Waals surface area contributed by atoms with Crippen LogP contribution in [0.15, 0.2) is 0 Å². The quantitative estimate of drug-likeness (QED) is 0.287. The highest BCUT2D eigenvalue weighted by molar-refractivity contribution is 6.67. The fraction of sp³-hybridized carbons (Fsp3) is 1.00. The first-order chi connectivity index (χ1) is 19.4. The van der Waals surface area contributed by atoms with Gasteiger partial charge in [0.25, 0.3) is 0 Å². The van der Waals surface area contributed by atoms with Crippen LogP contribution >= 0.6 is 0 Å². The third-order valence-electron chi connectivity index (χ3n) is 6.98. The maximum atomic E-state index is 5.92. The highest BCUT2D eigenvalue weighted by Crippen LogP contribution is 2.20. The molecule has 3 saturated heterocycles. The van der Waals surface area contributed by atoms with Gasteiger partial charge in [0, 0.05) is 13.2 Å². The molecule has 3 fully saturated rings. The molecule has 0 aromatic carbocycles. The summed E-state index contributed by atoms with van der Waals surface area (Å²) in [5.74, 6) is 0.813. The summed E-state index contributed by atoms with van der Waals surface area (Å²) in [5.41, 5.74) is 0. The van der Waals surface area contributed by atoms with E-state index in [0.29, 0.717) is 25.0 Å². The zero-order valence-corrected chi connectivity index (χ0v) is 25.2. The Morgan fingerprint density at radius 2 is 1.00 bits per heavy atom. The van der Waals surface area contributed by atoms with Gasteiger partial charge in [0.15, 0.2) is 0 Å². The molecule has 224 valence electrons. The molecule has 3 aliphatic rings. The summed E-state index contributed by atoms with van der Waals surface area (Å²) in [6, 6.07) is 0. The SMILES string of the molecule is CCCCC(CC)COB1OB2OCC(C)OB3OB(OCC(CC)CCCC)OB(OCC(C)OB(O1)O2)O3. The van der Waals surface area contributed by atoms with Crippen molar-refractivity contribution in [3.8, 4) is 0 Å². The first-order valence-corrected chi connectivity index (χ1v) is 15.1. The minimum absolute atomic E-state index is 0.101. The molecule has 3 heterocycles. The van der Waals surface area contributed by atoms with Gasteiger partial charge in [-0.2, -0.15) is 0 Å². The average molecular weight is 567 g/mol. The molecular formula is C22H46B6O12. The summed E-state index contributed by atoms with van der Waals surface area (Å²) < 4.78 is 69.6. The van der Waals surface area contributed by atoms with Gasteiger partial charge in [-0.25, -0.2) is 0 Å². The van der Waals surface area contributed by atoms with E-state index in [0.717, 1.165) is 51.4 Å². The Kier molecular flexibility index (Phi) is 16.5. The molecule has 0 aromatic heterocycles. The van der Waals surface area contributed by atoms with Crippen LogP contribution in [-0.4, -0.2) is 82.6 Å². The third-order valence-corrected chi connectivity index (χ3v) is 6.98. The van der Waals surface area contributed by atoms with Gasteiger partial charge in [0.05, 0.1) is 25.4 Å². The topological polar surface area (TPSA) is 111 Å². The van der Waals surface area contributed by atoms with Crippen molar-refractivity contribution in [1.29, 1.82) is 0 Å². The maximum Gasteiger partial charge on any atom is 0.615 e. The molecule has 40 heavy (non-hydrogen) atoms. The van der Waals surface area contributed by atoms with Crippen LogP contribution in [0.25, 0.3) is 0 Å². The largest absolute Gasteiger partial charge is 0.615 e. The predicted molar refractivity (Wildman–Crippen MR) is 153 cm³/mol. The second kappa shape index (κ2) is 19.2. The highest BCUT2D eigenvalue weighted by atomic mass is 16.9. The zero-order valence-electron chi connectivity index (χ0n) is 25.2. The first-order valence-electron chi connectivity index (χ1n) is 15.1. The molecule has 3 aliphatic heterocycles. The second-order valence-corrected chi connectivity index (χ2v) is 10.6. The van der Waals surface area contributed by atoms with Crippen molar-refractivity contribution >= 4 is 43.9 Å². The van der Waals surface area contributed by atoms with Gasteiger partial charge < -0.3 is 55.4 Å². The lowest BCUT2D eigenvalue weighted by Gasteiger charge is -2.33. The number of unbranched alkanes of at least 4 members (excludes halogenated alkanes) is 2. The standard InChI is InChI=1S/C22H46B6O12/c1-7-11-13-21(9-3)17-31-25-35-23-29-15-20(6)34-28-38-24(30-16-19(5)33-27(37-23)39-25)36-26(40-28)32-18-22(10-4)14-12-8-2/h19-22H,7-18H2,1-6H3. The normalized spacial score (nSPS) is 24.8. The predicted octanol–water partition coefficient (Wildman–Crippen LogP) is 3.35. The number of hydrogen-bond donors (Lipinski definition) is 0. The summed E-state index contributed by atoms with van der Waals surface area (Å²) in [6.45, 7) is 13.5. The van der Waals surface area contributed by atoms with E-state index < -0.39 is 56.1 Å². The smallest absolute Gasteiger partial charge is 0.400 e. The molecule has 0 aliphatic carbocycles. The number of fused-ring (bicyclic) bond motifs is 4. The summed E-state index contributed by atoms with van der Waals surface area (Å²) in [6.07, 6.45) is 7.82. The van der Waals surface area contributed by atoms with Crippen LogP contribution < -0.4 is 0 Å². The molecule has 4 bridgehead atoms. The molecule has 12 nitrogen and oxygen atoms in total. The van der Waals surface area contributed by atoms with Crippen LogP contribution in [0.4, 0.5) is 0 Å². The molecule has 18 heteroatoms. The van der Waals surface area contributed by atoms with Gasteiger partial charge in [-0.05, 0) is 38.5 Å². The number of hydrogen-bond acceptors (Lipinski definition) is 12. The molecule has 0 saturated carbocycles. The Bertz CT molecular complexity index is 624. The summed E-state index contributed by atoms with van der Waals surface area (Å²) in [7, 11) is -6.37. The molecule has 0 radical (unpaired) electrons. The molecule has 0 N–H and O–H groups in total. The van der Waals surface area contributed by atoms with E-state index in [1.807, 2.05) is 0 Å². The van der Waals surface area contributed by atoms with E-state index in [9.17, 15) is 0 Å². The van der Waals surface area contributed by atoms with Crippen LogP contribution in [0, 0.1) is 11.8 Å². The zero-order chi connectivity index (χ0) is 28.7. The molecular weight excluding hydrogens is 521 g/mol. The second-order valence-electron chi connectivity index (χ2n) is 10.6. The van der Waals surface area contributed by atoms with Crippen molar-refractivity contribution < 1.29 is 55.4 Å². The van der Waals surface area contributed by atoms with Crippen molar-refractivity contribution in [3.05, 3.63) is 0 Å². The van der Waals surface area contributed by atoms with E-state index in [4.69, 9.17) is 55.4 Å². The van der Waals surface area contributed by atoms with Crippen molar-refractivity contribution in [2.45, 2.75) is 105 Å². The van der Waals surface area contributed by atoms with E-state index in [1.165, 1.54) is 0 Å². The third kappa shape index (κ3) is 12.6. The van der Waals surface area contributed by atoms with Crippen molar-refractivity contribution in [3.63, 3.8) is 0 Å². The van der Waals surface area contributed by atoms with Crippen molar-refractivity contribution in [2.75, 3.05) is 26.4 Å². The van der Waals surface area contributed by atoms with Crippen LogP contribution in [0.3, 0.4) is 0 Å². The lowest BCUT2D eigenvalue weighted by Crippen LogP contribution is -2.56. The van der Waals surface area contributed by atoms with Gasteiger partial charge in [-0.1, -0.05) is 66.2 Å². The van der Waals surface area contributed by atoms with E-state index in [1.54, 1.807) is 13.8 Å². The fourth-order valence-electron chi connectivity index (χ4n) is 4.29. The lowest BCUT2D eigenvalue weighted by atomic mass is 9.94. The summed E-state index contributed by atoms with van der Waals surface area (Å²) in [5, 5.41) is 0. The Morgan fingerprint density at radius 3 is 1.38 bits per heavy atom. The van der Waals surface area contributed by atoms with Crippen LogP contribution in [0.5, 0.6) is 0 Å². The highest BCUT2D eigenvalue weighted by Gasteiger charge is 2.50. The monoisotopic (exact) mass is 568 g/mol. The Morgan fingerprint density at radius 1 is 0.600 bits per heavy atom. The van der Waals surface area contributed by atoms with Crippen LogP contribution in [0.2, 0.25) is 0 Å². The molecule has 0 spiro atoms. The summed E-state index contributed by atoms with van der Waals surface area (Å²) >= 11 is 0. The van der Waals surface area contributed by atoms with Crippen LogP contribution in [0.1, 0.15) is 92.9 Å². The van der Waals surface area contributed by atoms with Gasteiger partial charge >= 0.3 is 43.9 Å². The minimum Gasteiger partial charge on any atom is -0.400 e. The number of rotatable bonds is 14. The van der Waals surface area contributed by atoms with Gasteiger partial charge in [0.2, 0.25) is 0 Å². The van der Waals surface area contributed by atoms with E-state index >= 15 is 0 Å². The first kappa shape index (κ1) is 34.4. The van der Waals surface area contributed by atoms with E-state index in [-0.39, 0.29) is 13.2 Å². The van der Waals surface area contributed by atoms with Crippen molar-refractivity contribution in [1.82, 2.24) is 0 Å². The molecule has 0 amide bonds. The molecule has 4 atom stereocenters. The maximum absolute atomic E-state index is 5.92. The average Bonchev–Trinajstić information content (AvgIpc) is 2.94. The fourth-order valence-corrected chi connectivity index (χ4v) is 4.29. The van der Waals surface area contributed by atoms with Crippen LogP contribution in [-0.2, 0) is 55.4 Å². The molecule has 0 aromatic rings. The van der Waals surface area contributed by atoms with Gasteiger partial charge in [0.1, 0.15) is 0 Å². The summed E-state index contributed by atoms with van der Waals surface area (Å²) in [4.78, 5) is 0. The van der Waals surface area contributed by atoms with Gasteiger partial charge in [-0.15, -0.1) is 0 Å².